The van der Waals surface area contributed by atoms with Crippen molar-refractivity contribution in [1.29, 1.82) is 0 Å². The highest BCUT2D eigenvalue weighted by molar-refractivity contribution is 7.99. The third-order valence-corrected chi connectivity index (χ3v) is 22.6. The zero-order valence-electron chi connectivity index (χ0n) is 57.2. The van der Waals surface area contributed by atoms with Crippen LogP contribution < -0.4 is 19.6 Å². The third kappa shape index (κ3) is 17.0. The molecule has 13 rings (SSSR count). The molecule has 102 heavy (non-hydrogen) atoms. The van der Waals surface area contributed by atoms with Crippen molar-refractivity contribution in [3.8, 4) is 0 Å². The summed E-state index contributed by atoms with van der Waals surface area (Å²) in [7, 11) is 0. The first-order valence-corrected chi connectivity index (χ1v) is 41.1. The number of anilines is 12. The number of benzene rings is 13. The molecule has 0 aliphatic carbocycles. The first kappa shape index (κ1) is 71.7. The molecule has 506 valence electrons. The molecule has 4 nitrogen and oxygen atoms in total. The second kappa shape index (κ2) is 34.5. The molecule has 0 bridgehead atoms. The van der Waals surface area contributed by atoms with E-state index in [0.29, 0.717) is 23.0 Å². The fourth-order valence-electron chi connectivity index (χ4n) is 12.6. The zero-order valence-corrected chi connectivity index (χ0v) is 64.1. The molecular weight excluding hydrogens is 1390 g/mol. The van der Waals surface area contributed by atoms with Crippen molar-refractivity contribution in [1.82, 2.24) is 0 Å². The van der Waals surface area contributed by atoms with Gasteiger partial charge in [-0.15, -0.1) is 47.0 Å². The highest BCUT2D eigenvalue weighted by Gasteiger charge is 2.20. The van der Waals surface area contributed by atoms with Gasteiger partial charge >= 0.3 is 0 Å². The lowest BCUT2D eigenvalue weighted by Gasteiger charge is -2.27. The van der Waals surface area contributed by atoms with E-state index in [1.54, 1.807) is 47.0 Å². The topological polar surface area (TPSA) is 13.0 Å². The van der Waals surface area contributed by atoms with E-state index in [0.717, 1.165) is 113 Å². The van der Waals surface area contributed by atoms with E-state index in [2.05, 4.69) is 423 Å². The standard InChI is InChI=1S/C90H78N4S8/c1-99-85-49-41-81(42-50-85)92(75-29-13-67(61-97)14-30-75)78-35-19-70(20-36-78)89(69-17-33-77(34-18-69)91(73-25-9-65(59-95)10-26-73)74-27-11-66(60-96)12-28-74)57-63-5-7-64(8-6-63)58-90(71-21-37-79(38-22-71)93(76-31-15-68(62-98)16-32-76)82-43-51-86(100-2)52-44-82)72-23-39-80(40-24-72)94(83-45-53-87(101-3)54-46-83)84-47-55-88(102-4)56-48-84/h5-58,95-98H,59-62H2,1-4H3/b89-57-,90-58+. The predicted molar refractivity (Wildman–Crippen MR) is 463 cm³/mol. The lowest BCUT2D eigenvalue weighted by Crippen LogP contribution is -2.10. The van der Waals surface area contributed by atoms with Crippen LogP contribution in [0, 0.1) is 0 Å². The minimum absolute atomic E-state index is 0.671. The van der Waals surface area contributed by atoms with Gasteiger partial charge in [0.25, 0.3) is 0 Å². The van der Waals surface area contributed by atoms with Gasteiger partial charge in [0.1, 0.15) is 0 Å². The van der Waals surface area contributed by atoms with Crippen molar-refractivity contribution in [3.63, 3.8) is 0 Å². The minimum atomic E-state index is 0.671. The average Bonchev–Trinajstić information content (AvgIpc) is 0.803. The van der Waals surface area contributed by atoms with Crippen molar-refractivity contribution < 1.29 is 0 Å². The Morgan fingerprint density at radius 1 is 0.216 bits per heavy atom. The summed E-state index contributed by atoms with van der Waals surface area (Å²) in [5, 5.41) is 0. The summed E-state index contributed by atoms with van der Waals surface area (Å²) in [5.74, 6) is 2.69. The van der Waals surface area contributed by atoms with Crippen LogP contribution in [0.4, 0.5) is 68.2 Å². The second-order valence-electron chi connectivity index (χ2n) is 24.4. The van der Waals surface area contributed by atoms with Gasteiger partial charge in [0.05, 0.1) is 0 Å². The van der Waals surface area contributed by atoms with Gasteiger partial charge in [0.15, 0.2) is 0 Å². The SMILES string of the molecule is CSc1ccc(N(c2ccc(CS)cc2)c2ccc(/C(=C\c3ccc(/C=C(\c4ccc(N(c5ccc(CS)cc5)c5ccc(SC)cc5)cc4)c4ccc(N(c5ccc(SC)cc5)c5ccc(SC)cc5)cc4)cc3)c3ccc(N(c4ccc(CS)cc4)c4ccc(CS)cc4)cc3)cc2)cc1. The molecule has 12 heteroatoms. The Bertz CT molecular complexity index is 4120. The molecule has 0 aromatic heterocycles. The molecule has 0 saturated carbocycles. The molecule has 0 atom stereocenters. The fraction of sp³-hybridized carbons (Fsp3) is 0.0889. The molecule has 0 spiro atoms. The number of rotatable bonds is 26. The van der Waals surface area contributed by atoms with E-state index in [9.17, 15) is 0 Å². The highest BCUT2D eigenvalue weighted by atomic mass is 32.2. The summed E-state index contributed by atoms with van der Waals surface area (Å²) < 4.78 is 0. The quantitative estimate of drug-likeness (QED) is 0.0240. The molecule has 0 amide bonds. The van der Waals surface area contributed by atoms with Crippen LogP contribution in [0.3, 0.4) is 0 Å². The molecule has 0 aliphatic heterocycles. The van der Waals surface area contributed by atoms with E-state index < -0.39 is 0 Å². The Labute approximate surface area is 641 Å². The normalized spacial score (nSPS) is 11.6. The largest absolute Gasteiger partial charge is 0.311 e. The van der Waals surface area contributed by atoms with Gasteiger partial charge in [-0.05, 0) is 298 Å². The Kier molecular flexibility index (Phi) is 24.3. The minimum Gasteiger partial charge on any atom is -0.311 e. The lowest BCUT2D eigenvalue weighted by molar-refractivity contribution is 1.25. The summed E-state index contributed by atoms with van der Waals surface area (Å²) in [6, 6.07) is 115. The zero-order chi connectivity index (χ0) is 70.3. The van der Waals surface area contributed by atoms with Crippen molar-refractivity contribution in [2.75, 3.05) is 44.6 Å². The molecule has 0 heterocycles. The Balaban J connectivity index is 0.909. The van der Waals surface area contributed by atoms with Gasteiger partial charge in [-0.1, -0.05) is 121 Å². The highest BCUT2D eigenvalue weighted by Crippen LogP contribution is 2.43. The van der Waals surface area contributed by atoms with Gasteiger partial charge < -0.3 is 19.6 Å². The van der Waals surface area contributed by atoms with Gasteiger partial charge in [0.2, 0.25) is 0 Å². The molecule has 0 unspecified atom stereocenters. The van der Waals surface area contributed by atoms with Crippen LogP contribution in [-0.2, 0) is 23.0 Å². The number of hydrogen-bond donors (Lipinski definition) is 4. The maximum Gasteiger partial charge on any atom is 0.0462 e. The van der Waals surface area contributed by atoms with Crippen LogP contribution in [0.25, 0.3) is 23.3 Å². The van der Waals surface area contributed by atoms with Gasteiger partial charge in [-0.2, -0.15) is 50.5 Å². The van der Waals surface area contributed by atoms with Crippen LogP contribution >= 0.6 is 97.6 Å². The average molecular weight is 1470 g/mol. The second-order valence-corrected chi connectivity index (χ2v) is 29.2. The van der Waals surface area contributed by atoms with Crippen molar-refractivity contribution in [2.45, 2.75) is 42.6 Å². The van der Waals surface area contributed by atoms with Gasteiger partial charge in [-0.3, -0.25) is 0 Å². The predicted octanol–water partition coefficient (Wildman–Crippen LogP) is 27.4. The fourth-order valence-corrected chi connectivity index (χ4v) is 15.0. The summed E-state index contributed by atoms with van der Waals surface area (Å²) in [4.78, 5) is 14.2. The van der Waals surface area contributed by atoms with Crippen LogP contribution in [-0.4, -0.2) is 25.0 Å². The Morgan fingerprint density at radius 2 is 0.363 bits per heavy atom. The monoisotopic (exact) mass is 1470 g/mol. The first-order valence-electron chi connectivity index (χ1n) is 33.6. The Morgan fingerprint density at radius 3 is 0.510 bits per heavy atom. The first-order chi connectivity index (χ1) is 50.1. The van der Waals surface area contributed by atoms with Crippen molar-refractivity contribution >= 4 is 189 Å². The van der Waals surface area contributed by atoms with Crippen molar-refractivity contribution in [3.05, 3.63) is 371 Å². The van der Waals surface area contributed by atoms with E-state index in [-0.39, 0.29) is 0 Å². The number of thioether (sulfide) groups is 4. The number of thiol groups is 4. The Hall–Kier alpha value is -8.66. The van der Waals surface area contributed by atoms with E-state index >= 15 is 0 Å². The van der Waals surface area contributed by atoms with Crippen LogP contribution in [0.5, 0.6) is 0 Å². The third-order valence-electron chi connectivity index (χ3n) is 18.1. The van der Waals surface area contributed by atoms with Crippen molar-refractivity contribution in [2.24, 2.45) is 0 Å². The smallest absolute Gasteiger partial charge is 0.0462 e. The summed E-state index contributed by atoms with van der Waals surface area (Å²) in [6.07, 6.45) is 13.1. The molecule has 0 saturated heterocycles. The molecule has 0 aliphatic rings. The molecule has 0 fully saturated rings. The summed E-state index contributed by atoms with van der Waals surface area (Å²) >= 11 is 25.4. The molecular formula is C90H78N4S8. The lowest BCUT2D eigenvalue weighted by atomic mass is 9.93. The van der Waals surface area contributed by atoms with E-state index in [1.807, 2.05) is 0 Å². The maximum atomic E-state index is 4.59. The van der Waals surface area contributed by atoms with Crippen LogP contribution in [0.1, 0.15) is 55.6 Å². The van der Waals surface area contributed by atoms with Crippen LogP contribution in [0.15, 0.2) is 335 Å². The molecule has 13 aromatic rings. The summed E-state index contributed by atoms with van der Waals surface area (Å²) in [5.41, 5.74) is 26.3. The maximum absolute atomic E-state index is 4.59. The van der Waals surface area contributed by atoms with E-state index in [1.165, 1.54) is 41.8 Å². The summed E-state index contributed by atoms with van der Waals surface area (Å²) in [6.45, 7) is 0. The van der Waals surface area contributed by atoms with Crippen LogP contribution in [0.2, 0.25) is 0 Å². The molecule has 0 N–H and O–H groups in total. The molecule has 13 aromatic carbocycles. The number of nitrogens with zero attached hydrogens (tertiary/aromatic N) is 4. The van der Waals surface area contributed by atoms with Gasteiger partial charge in [0, 0.05) is 111 Å². The van der Waals surface area contributed by atoms with Gasteiger partial charge in [-0.25, -0.2) is 0 Å². The molecule has 0 radical (unpaired) electrons. The number of hydrogen-bond acceptors (Lipinski definition) is 12. The van der Waals surface area contributed by atoms with E-state index in [4.69, 9.17) is 0 Å².